The average Bonchev–Trinajstić information content (AvgIpc) is 3.18. The zero-order valence-electron chi connectivity index (χ0n) is 32.2. The Morgan fingerprint density at radius 1 is 0.389 bits per heavy atom. The Labute approximate surface area is 317 Å². The standard InChI is InChI=1S/C48H54O6/c1-3-5-7-9-11-13-15-17-19-21-37(49)53-47-35-29-25-31-23-27-33-41-39(31)43(35)44-36(30-26-32-24-28-34(42(41)40(32)44)46(52)45(33)51)48(47)54-38(50)22-20-18-16-14-12-10-8-6-4-2/h23-30H,3-22H2,1-2H3. The van der Waals surface area contributed by atoms with E-state index in [0.717, 1.165) is 81.6 Å². The van der Waals surface area contributed by atoms with Crippen LogP contribution in [0.3, 0.4) is 0 Å². The molecule has 0 radical (unpaired) electrons. The topological polar surface area (TPSA) is 86.7 Å². The van der Waals surface area contributed by atoms with Crippen molar-refractivity contribution in [2.45, 2.75) is 142 Å². The van der Waals surface area contributed by atoms with E-state index in [9.17, 15) is 19.2 Å². The maximum atomic E-state index is 13.6. The fourth-order valence-corrected chi connectivity index (χ4v) is 8.81. The molecule has 7 aromatic carbocycles. The molecule has 0 fully saturated rings. The molecule has 0 amide bonds. The van der Waals surface area contributed by atoms with Crippen LogP contribution in [0.4, 0.5) is 0 Å². The molecule has 0 spiro atoms. The summed E-state index contributed by atoms with van der Waals surface area (Å²) < 4.78 is 12.6. The van der Waals surface area contributed by atoms with Gasteiger partial charge in [0.1, 0.15) is 0 Å². The smallest absolute Gasteiger partial charge is 0.311 e. The van der Waals surface area contributed by atoms with Crippen LogP contribution in [0.1, 0.15) is 142 Å². The second-order valence-electron chi connectivity index (χ2n) is 15.6. The number of esters is 2. The molecule has 0 aliphatic carbocycles. The number of hydrogen-bond acceptors (Lipinski definition) is 6. The fraction of sp³-hybridized carbons (Fsp3) is 0.458. The third kappa shape index (κ3) is 7.41. The third-order valence-electron chi connectivity index (χ3n) is 11.7. The number of rotatable bonds is 22. The van der Waals surface area contributed by atoms with E-state index in [1.807, 2.05) is 36.4 Å². The molecule has 54 heavy (non-hydrogen) atoms. The highest BCUT2D eigenvalue weighted by molar-refractivity contribution is 6.45. The van der Waals surface area contributed by atoms with Crippen molar-refractivity contribution in [2.75, 3.05) is 0 Å². The van der Waals surface area contributed by atoms with E-state index in [2.05, 4.69) is 13.8 Å². The minimum Gasteiger partial charge on any atom is -0.422 e. The van der Waals surface area contributed by atoms with E-state index in [1.165, 1.54) is 77.0 Å². The van der Waals surface area contributed by atoms with Crippen LogP contribution in [0.5, 0.6) is 11.5 Å². The van der Waals surface area contributed by atoms with Gasteiger partial charge in [-0.25, -0.2) is 0 Å². The quantitative estimate of drug-likeness (QED) is 0.0173. The van der Waals surface area contributed by atoms with Gasteiger partial charge in [0, 0.05) is 55.9 Å². The predicted octanol–water partition coefficient (Wildman–Crippen LogP) is 12.7. The first kappa shape index (κ1) is 37.7. The second kappa shape index (κ2) is 17.3. The lowest BCUT2D eigenvalue weighted by atomic mass is 9.82. The number of benzene rings is 7. The Morgan fingerprint density at radius 3 is 1.04 bits per heavy atom. The van der Waals surface area contributed by atoms with Crippen LogP contribution < -0.4 is 20.3 Å². The van der Waals surface area contributed by atoms with E-state index in [-0.39, 0.29) is 36.3 Å². The van der Waals surface area contributed by atoms with E-state index in [0.29, 0.717) is 21.5 Å². The molecule has 282 valence electrons. The monoisotopic (exact) mass is 726 g/mol. The van der Waals surface area contributed by atoms with Crippen LogP contribution in [-0.4, -0.2) is 11.9 Å². The molecule has 7 aromatic rings. The van der Waals surface area contributed by atoms with Crippen LogP contribution in [0.15, 0.2) is 58.1 Å². The first-order valence-electron chi connectivity index (χ1n) is 20.9. The normalized spacial score (nSPS) is 12.2. The van der Waals surface area contributed by atoms with E-state index >= 15 is 0 Å². The van der Waals surface area contributed by atoms with Gasteiger partial charge in [-0.2, -0.15) is 0 Å². The van der Waals surface area contributed by atoms with Crippen molar-refractivity contribution < 1.29 is 19.1 Å². The summed E-state index contributed by atoms with van der Waals surface area (Å²) in [5.41, 5.74) is -1.03. The number of ether oxygens (including phenoxy) is 2. The van der Waals surface area contributed by atoms with Crippen LogP contribution in [0.25, 0.3) is 64.6 Å². The molecule has 0 aliphatic heterocycles. The highest BCUT2D eigenvalue weighted by atomic mass is 16.6. The van der Waals surface area contributed by atoms with E-state index in [4.69, 9.17) is 9.47 Å². The minimum atomic E-state index is -0.513. The van der Waals surface area contributed by atoms with Gasteiger partial charge in [0.15, 0.2) is 11.5 Å². The maximum Gasteiger partial charge on any atom is 0.311 e. The van der Waals surface area contributed by atoms with Gasteiger partial charge in [-0.3, -0.25) is 19.2 Å². The van der Waals surface area contributed by atoms with Crippen LogP contribution >= 0.6 is 0 Å². The first-order valence-corrected chi connectivity index (χ1v) is 20.9. The first-order chi connectivity index (χ1) is 26.4. The zero-order chi connectivity index (χ0) is 37.6. The third-order valence-corrected chi connectivity index (χ3v) is 11.7. The Bertz CT molecular complexity index is 2290. The van der Waals surface area contributed by atoms with Gasteiger partial charge >= 0.3 is 11.9 Å². The number of carbonyl (C=O) groups excluding carboxylic acids is 2. The summed E-state index contributed by atoms with van der Waals surface area (Å²) in [7, 11) is 0. The number of unbranched alkanes of at least 4 members (excludes halogenated alkanes) is 16. The van der Waals surface area contributed by atoms with Crippen molar-refractivity contribution in [3.63, 3.8) is 0 Å². The number of hydrogen-bond donors (Lipinski definition) is 0. The molecule has 6 heteroatoms. The lowest BCUT2D eigenvalue weighted by Crippen LogP contribution is -2.24. The van der Waals surface area contributed by atoms with Crippen molar-refractivity contribution in [1.82, 2.24) is 0 Å². The lowest BCUT2D eigenvalue weighted by molar-refractivity contribution is -0.137. The molecule has 0 aliphatic rings. The van der Waals surface area contributed by atoms with Gasteiger partial charge in [-0.05, 0) is 58.7 Å². The molecule has 0 aromatic heterocycles. The Hall–Kier alpha value is -4.58. The van der Waals surface area contributed by atoms with Gasteiger partial charge in [-0.15, -0.1) is 0 Å². The maximum absolute atomic E-state index is 13.6. The summed E-state index contributed by atoms with van der Waals surface area (Å²) >= 11 is 0. The molecule has 0 saturated carbocycles. The summed E-state index contributed by atoms with van der Waals surface area (Å²) in [6.07, 6.45) is 21.1. The van der Waals surface area contributed by atoms with Gasteiger partial charge in [0.25, 0.3) is 0 Å². The van der Waals surface area contributed by atoms with Crippen LogP contribution in [0, 0.1) is 0 Å². The van der Waals surface area contributed by atoms with E-state index in [1.54, 1.807) is 12.1 Å². The van der Waals surface area contributed by atoms with Crippen LogP contribution in [-0.2, 0) is 9.59 Å². The molecule has 6 nitrogen and oxygen atoms in total. The Kier molecular flexibility index (Phi) is 12.1. The highest BCUT2D eigenvalue weighted by Crippen LogP contribution is 2.53. The van der Waals surface area contributed by atoms with Crippen molar-refractivity contribution in [1.29, 1.82) is 0 Å². The molecular weight excluding hydrogens is 673 g/mol. The molecule has 0 unspecified atom stereocenters. The molecule has 7 rings (SSSR count). The van der Waals surface area contributed by atoms with Gasteiger partial charge in [0.2, 0.25) is 10.9 Å². The molecule has 0 bridgehead atoms. The van der Waals surface area contributed by atoms with Crippen molar-refractivity contribution in [3.8, 4) is 11.5 Å². The Balaban J connectivity index is 1.23. The summed E-state index contributed by atoms with van der Waals surface area (Å²) in [5.74, 6) is -0.218. The van der Waals surface area contributed by atoms with Crippen LogP contribution in [0.2, 0.25) is 0 Å². The largest absolute Gasteiger partial charge is 0.422 e. The van der Waals surface area contributed by atoms with E-state index < -0.39 is 10.9 Å². The minimum absolute atomic E-state index is 0.246. The fourth-order valence-electron chi connectivity index (χ4n) is 8.81. The number of carbonyl (C=O) groups is 2. The molecule has 0 N–H and O–H groups in total. The predicted molar refractivity (Wildman–Crippen MR) is 224 cm³/mol. The zero-order valence-corrected chi connectivity index (χ0v) is 32.2. The second-order valence-corrected chi connectivity index (χ2v) is 15.6. The average molecular weight is 727 g/mol. The van der Waals surface area contributed by atoms with Gasteiger partial charge in [-0.1, -0.05) is 141 Å². The summed E-state index contributed by atoms with van der Waals surface area (Å²) in [6.45, 7) is 4.46. The van der Waals surface area contributed by atoms with Crippen molar-refractivity contribution in [2.24, 2.45) is 0 Å². The summed E-state index contributed by atoms with van der Waals surface area (Å²) in [5, 5.41) is 8.85. The highest BCUT2D eigenvalue weighted by Gasteiger charge is 2.29. The molecular formula is C48H54O6. The summed E-state index contributed by atoms with van der Waals surface area (Å²) in [6, 6.07) is 15.1. The molecule has 0 saturated heterocycles. The molecule has 0 atom stereocenters. The Morgan fingerprint density at radius 2 is 0.685 bits per heavy atom. The van der Waals surface area contributed by atoms with Gasteiger partial charge < -0.3 is 9.47 Å². The van der Waals surface area contributed by atoms with Gasteiger partial charge in [0.05, 0.1) is 0 Å². The summed E-state index contributed by atoms with van der Waals surface area (Å²) in [4.78, 5) is 54.2. The lowest BCUT2D eigenvalue weighted by Gasteiger charge is -2.23. The molecule has 0 heterocycles. The van der Waals surface area contributed by atoms with Crippen molar-refractivity contribution in [3.05, 3.63) is 69.0 Å². The SMILES string of the molecule is CCCCCCCCCCCC(=O)Oc1c(OC(=O)CCCCCCCCCCC)c2ccc3ccc4c(=O)c(=O)c5ccc6ccc1c1c6c5c4c3c21. The van der Waals surface area contributed by atoms with Crippen molar-refractivity contribution >= 4 is 76.6 Å².